The molecule has 0 spiro atoms. The van der Waals surface area contributed by atoms with Crippen LogP contribution in [0, 0.1) is 0 Å². The Kier molecular flexibility index (Phi) is 6.48. The number of benzene rings is 1. The fourth-order valence-electron chi connectivity index (χ4n) is 5.56. The molecule has 3 aromatic rings. The number of anilines is 3. The monoisotopic (exact) mass is 517 g/mol. The van der Waals surface area contributed by atoms with Gasteiger partial charge in [-0.05, 0) is 53.9 Å². The molecule has 5 heterocycles. The third kappa shape index (κ3) is 4.89. The smallest absolute Gasteiger partial charge is 0.231 e. The minimum absolute atomic E-state index is 0.0334. The number of amides is 2. The second-order valence-electron chi connectivity index (χ2n) is 9.71. The summed E-state index contributed by atoms with van der Waals surface area (Å²) in [5.74, 6) is 0.951. The minimum Gasteiger partial charge on any atom is -0.338 e. The van der Waals surface area contributed by atoms with Crippen LogP contribution in [0.25, 0.3) is 0 Å². The zero-order valence-corrected chi connectivity index (χ0v) is 21.2. The molecule has 2 fully saturated rings. The Hall–Kier alpha value is -3.56. The Balaban J connectivity index is 1.09. The number of carbonyl (C=O) groups is 2. The van der Waals surface area contributed by atoms with Gasteiger partial charge in [0.05, 0.1) is 6.42 Å². The SMILES string of the molecule is O=C1CC(N2CCN(c3ncccn3)CC2)CN1c1ccc2c(c1)CCN2C(=O)Cc1ccnc(Cl)c1. The van der Waals surface area contributed by atoms with E-state index >= 15 is 0 Å². The molecule has 2 saturated heterocycles. The number of hydrogen-bond acceptors (Lipinski definition) is 7. The van der Waals surface area contributed by atoms with Crippen LogP contribution in [-0.2, 0) is 22.4 Å². The molecule has 190 valence electrons. The van der Waals surface area contributed by atoms with E-state index in [2.05, 4.69) is 30.8 Å². The fourth-order valence-corrected chi connectivity index (χ4v) is 5.76. The van der Waals surface area contributed by atoms with E-state index in [1.807, 2.05) is 34.1 Å². The molecule has 3 aliphatic rings. The highest BCUT2D eigenvalue weighted by molar-refractivity contribution is 6.29. The molecule has 37 heavy (non-hydrogen) atoms. The molecule has 6 rings (SSSR count). The summed E-state index contributed by atoms with van der Waals surface area (Å²) in [5, 5.41) is 0.387. The standard InChI is InChI=1S/C27H28ClN7O2/c28-24-14-19(4-8-29-24)15-25(36)34-9-5-20-16-21(2-3-23(20)34)35-18-22(17-26(35)37)32-10-12-33(13-11-32)27-30-6-1-7-31-27/h1-4,6-8,14,16,22H,5,9-13,15,17-18H2. The second kappa shape index (κ2) is 10.1. The minimum atomic E-state index is 0.0334. The van der Waals surface area contributed by atoms with E-state index in [-0.39, 0.29) is 24.3 Å². The first-order chi connectivity index (χ1) is 18.0. The summed E-state index contributed by atoms with van der Waals surface area (Å²) in [4.78, 5) is 47.0. The van der Waals surface area contributed by atoms with Crippen molar-refractivity contribution in [3.8, 4) is 0 Å². The molecule has 2 amide bonds. The van der Waals surface area contributed by atoms with Crippen LogP contribution in [0.3, 0.4) is 0 Å². The lowest BCUT2D eigenvalue weighted by Crippen LogP contribution is -2.51. The van der Waals surface area contributed by atoms with Gasteiger partial charge in [0, 0.05) is 81.7 Å². The van der Waals surface area contributed by atoms with Crippen molar-refractivity contribution in [3.63, 3.8) is 0 Å². The van der Waals surface area contributed by atoms with Crippen molar-refractivity contribution in [2.24, 2.45) is 0 Å². The summed E-state index contributed by atoms with van der Waals surface area (Å²) in [6.45, 7) is 4.79. The molecule has 1 atom stereocenters. The number of halogens is 1. The number of pyridine rings is 1. The van der Waals surface area contributed by atoms with Gasteiger partial charge in [-0.2, -0.15) is 0 Å². The quantitative estimate of drug-likeness (QED) is 0.481. The third-order valence-electron chi connectivity index (χ3n) is 7.49. The first kappa shape index (κ1) is 23.8. The molecular weight excluding hydrogens is 490 g/mol. The highest BCUT2D eigenvalue weighted by Gasteiger charge is 2.36. The second-order valence-corrected chi connectivity index (χ2v) is 10.1. The van der Waals surface area contributed by atoms with E-state index in [1.54, 1.807) is 24.7 Å². The van der Waals surface area contributed by atoms with Crippen molar-refractivity contribution in [2.45, 2.75) is 25.3 Å². The zero-order chi connectivity index (χ0) is 25.4. The van der Waals surface area contributed by atoms with Gasteiger partial charge in [0.2, 0.25) is 17.8 Å². The van der Waals surface area contributed by atoms with Crippen LogP contribution >= 0.6 is 11.6 Å². The summed E-state index contributed by atoms with van der Waals surface area (Å²) in [7, 11) is 0. The lowest BCUT2D eigenvalue weighted by Gasteiger charge is -2.37. The van der Waals surface area contributed by atoms with Gasteiger partial charge < -0.3 is 14.7 Å². The van der Waals surface area contributed by atoms with Crippen LogP contribution in [0.2, 0.25) is 5.15 Å². The summed E-state index contributed by atoms with van der Waals surface area (Å²) in [5.41, 5.74) is 3.79. The number of hydrogen-bond donors (Lipinski definition) is 0. The Morgan fingerprint density at radius 2 is 1.78 bits per heavy atom. The van der Waals surface area contributed by atoms with Crippen LogP contribution in [0.5, 0.6) is 0 Å². The maximum atomic E-state index is 13.0. The average Bonchev–Trinajstić information content (AvgIpc) is 3.52. The molecule has 1 aromatic carbocycles. The van der Waals surface area contributed by atoms with Crippen molar-refractivity contribution in [1.29, 1.82) is 0 Å². The van der Waals surface area contributed by atoms with Crippen molar-refractivity contribution in [3.05, 3.63) is 71.3 Å². The van der Waals surface area contributed by atoms with E-state index < -0.39 is 0 Å². The maximum absolute atomic E-state index is 13.0. The first-order valence-corrected chi connectivity index (χ1v) is 13.0. The number of rotatable bonds is 5. The molecule has 0 radical (unpaired) electrons. The van der Waals surface area contributed by atoms with Gasteiger partial charge in [-0.25, -0.2) is 15.0 Å². The molecule has 0 saturated carbocycles. The van der Waals surface area contributed by atoms with E-state index in [9.17, 15) is 9.59 Å². The van der Waals surface area contributed by atoms with Crippen LogP contribution in [0.4, 0.5) is 17.3 Å². The molecule has 2 aromatic heterocycles. The van der Waals surface area contributed by atoms with Crippen LogP contribution < -0.4 is 14.7 Å². The highest BCUT2D eigenvalue weighted by atomic mass is 35.5. The van der Waals surface area contributed by atoms with Crippen LogP contribution in [0.1, 0.15) is 17.5 Å². The maximum Gasteiger partial charge on any atom is 0.231 e. The van der Waals surface area contributed by atoms with Gasteiger partial charge in [0.1, 0.15) is 5.15 Å². The predicted molar refractivity (Wildman–Crippen MR) is 142 cm³/mol. The predicted octanol–water partition coefficient (Wildman–Crippen LogP) is 2.58. The topological polar surface area (TPSA) is 85.8 Å². The Morgan fingerprint density at radius 1 is 0.973 bits per heavy atom. The van der Waals surface area contributed by atoms with Gasteiger partial charge in [0.25, 0.3) is 0 Å². The first-order valence-electron chi connectivity index (χ1n) is 12.7. The lowest BCUT2D eigenvalue weighted by atomic mass is 10.1. The zero-order valence-electron chi connectivity index (χ0n) is 20.5. The van der Waals surface area contributed by atoms with Crippen molar-refractivity contribution in [1.82, 2.24) is 19.9 Å². The van der Waals surface area contributed by atoms with Crippen molar-refractivity contribution >= 4 is 40.7 Å². The van der Waals surface area contributed by atoms with E-state index in [0.717, 1.165) is 61.0 Å². The van der Waals surface area contributed by atoms with Gasteiger partial charge in [-0.15, -0.1) is 0 Å². The van der Waals surface area contributed by atoms with Gasteiger partial charge in [0.15, 0.2) is 0 Å². The fraction of sp³-hybridized carbons (Fsp3) is 0.370. The van der Waals surface area contributed by atoms with Crippen LogP contribution in [-0.4, -0.2) is 77.0 Å². The summed E-state index contributed by atoms with van der Waals surface area (Å²) in [6.07, 6.45) is 6.74. The van der Waals surface area contributed by atoms with Crippen molar-refractivity contribution < 1.29 is 9.59 Å². The molecule has 9 nitrogen and oxygen atoms in total. The van der Waals surface area contributed by atoms with Gasteiger partial charge in [-0.3, -0.25) is 14.5 Å². The van der Waals surface area contributed by atoms with Crippen LogP contribution in [0.15, 0.2) is 55.0 Å². The number of fused-ring (bicyclic) bond motifs is 1. The summed E-state index contributed by atoms with van der Waals surface area (Å²) in [6, 6.07) is 11.6. The molecule has 0 bridgehead atoms. The largest absolute Gasteiger partial charge is 0.338 e. The van der Waals surface area contributed by atoms with Crippen molar-refractivity contribution in [2.75, 3.05) is 54.0 Å². The molecule has 0 N–H and O–H groups in total. The molecule has 1 unspecified atom stereocenters. The van der Waals surface area contributed by atoms with Gasteiger partial charge in [-0.1, -0.05) is 11.6 Å². The number of aromatic nitrogens is 3. The summed E-state index contributed by atoms with van der Waals surface area (Å²) < 4.78 is 0. The molecule has 0 aliphatic carbocycles. The number of carbonyl (C=O) groups excluding carboxylic acids is 2. The molecule has 10 heteroatoms. The molecule has 3 aliphatic heterocycles. The number of piperazine rings is 1. The normalized spacial score (nSPS) is 20.0. The third-order valence-corrected chi connectivity index (χ3v) is 7.69. The van der Waals surface area contributed by atoms with E-state index in [0.29, 0.717) is 24.7 Å². The van der Waals surface area contributed by atoms with E-state index in [1.165, 1.54) is 0 Å². The Bertz CT molecular complexity index is 1310. The Labute approximate surface area is 220 Å². The lowest BCUT2D eigenvalue weighted by molar-refractivity contribution is -0.118. The molecular formula is C27H28ClN7O2. The average molecular weight is 518 g/mol. The number of nitrogens with zero attached hydrogens (tertiary/aromatic N) is 7. The van der Waals surface area contributed by atoms with E-state index in [4.69, 9.17) is 11.6 Å². The highest BCUT2D eigenvalue weighted by Crippen LogP contribution is 2.34. The van der Waals surface area contributed by atoms with Gasteiger partial charge >= 0.3 is 0 Å². The summed E-state index contributed by atoms with van der Waals surface area (Å²) >= 11 is 5.97. The Morgan fingerprint density at radius 3 is 2.57 bits per heavy atom.